The van der Waals surface area contributed by atoms with Crippen molar-refractivity contribution in [1.82, 2.24) is 5.32 Å². The lowest BCUT2D eigenvalue weighted by Crippen LogP contribution is -2.45. The number of allylic oxidation sites excluding steroid dienone is 13. The van der Waals surface area contributed by atoms with Gasteiger partial charge < -0.3 is 19.8 Å². The molecule has 0 fully saturated rings. The van der Waals surface area contributed by atoms with Crippen molar-refractivity contribution < 1.29 is 32.9 Å². The lowest BCUT2D eigenvalue weighted by Gasteiger charge is -2.25. The third-order valence-electron chi connectivity index (χ3n) is 8.85. The number of nitrogens with one attached hydrogen (secondary N) is 1. The molecule has 3 unspecified atom stereocenters. The first-order valence-corrected chi connectivity index (χ1v) is 23.0. The number of likely N-dealkylation sites (N-methyl/N-ethyl adjacent to an activating group) is 1. The van der Waals surface area contributed by atoms with Crippen LogP contribution < -0.4 is 5.32 Å². The minimum absolute atomic E-state index is 0.0499. The van der Waals surface area contributed by atoms with E-state index in [0.717, 1.165) is 77.0 Å². The van der Waals surface area contributed by atoms with Crippen LogP contribution in [0.1, 0.15) is 149 Å². The van der Waals surface area contributed by atoms with Gasteiger partial charge in [-0.1, -0.05) is 157 Å². The van der Waals surface area contributed by atoms with E-state index in [1.54, 1.807) is 6.08 Å². The maximum Gasteiger partial charge on any atom is 0.472 e. The summed E-state index contributed by atoms with van der Waals surface area (Å²) in [6, 6.07) is -0.868. The number of hydrogen-bond acceptors (Lipinski definition) is 5. The highest BCUT2D eigenvalue weighted by atomic mass is 31.2. The first kappa shape index (κ1) is 52.7. The first-order chi connectivity index (χ1) is 26.5. The largest absolute Gasteiger partial charge is 0.472 e. The van der Waals surface area contributed by atoms with Gasteiger partial charge in [0.15, 0.2) is 0 Å². The maximum absolute atomic E-state index is 12.8. The minimum Gasteiger partial charge on any atom is -0.387 e. The molecule has 0 radical (unpaired) electrons. The Bertz CT molecular complexity index is 1170. The Balaban J connectivity index is 4.25. The lowest BCUT2D eigenvalue weighted by molar-refractivity contribution is -0.870. The maximum atomic E-state index is 12.8. The average molecular weight is 790 g/mol. The number of phosphoric ester groups is 1. The van der Waals surface area contributed by atoms with E-state index in [-0.39, 0.29) is 19.1 Å². The van der Waals surface area contributed by atoms with Crippen molar-refractivity contribution in [1.29, 1.82) is 0 Å². The molecule has 0 aromatic rings. The number of aliphatic hydroxyl groups is 1. The Hall–Kier alpha value is -2.32. The zero-order chi connectivity index (χ0) is 40.7. The highest BCUT2D eigenvalue weighted by molar-refractivity contribution is 7.47. The summed E-state index contributed by atoms with van der Waals surface area (Å²) >= 11 is 0. The van der Waals surface area contributed by atoms with Gasteiger partial charge in [0.05, 0.1) is 39.9 Å². The quantitative estimate of drug-likeness (QED) is 0.0251. The Morgan fingerprint density at radius 1 is 0.636 bits per heavy atom. The fourth-order valence-corrected chi connectivity index (χ4v) is 6.16. The molecule has 0 aliphatic carbocycles. The van der Waals surface area contributed by atoms with E-state index in [9.17, 15) is 19.4 Å². The van der Waals surface area contributed by atoms with Crippen LogP contribution in [0.25, 0.3) is 0 Å². The number of quaternary nitrogens is 1. The van der Waals surface area contributed by atoms with Gasteiger partial charge in [0, 0.05) is 6.42 Å². The smallest absolute Gasteiger partial charge is 0.387 e. The van der Waals surface area contributed by atoms with Crippen molar-refractivity contribution in [3.05, 3.63) is 85.1 Å². The van der Waals surface area contributed by atoms with Crippen molar-refractivity contribution in [3.8, 4) is 0 Å². The molecular weight excluding hydrogens is 707 g/mol. The number of hydrogen-bond donors (Lipinski definition) is 3. The monoisotopic (exact) mass is 790 g/mol. The van der Waals surface area contributed by atoms with Crippen LogP contribution in [0.5, 0.6) is 0 Å². The van der Waals surface area contributed by atoms with Gasteiger partial charge >= 0.3 is 7.82 Å². The molecule has 0 aliphatic rings. The van der Waals surface area contributed by atoms with Crippen LogP contribution in [0.15, 0.2) is 85.1 Å². The van der Waals surface area contributed by atoms with Crippen LogP contribution in [0.3, 0.4) is 0 Å². The molecule has 0 saturated carbocycles. The van der Waals surface area contributed by atoms with Crippen LogP contribution in [0.4, 0.5) is 0 Å². The number of aliphatic hydroxyl groups excluding tert-OH is 1. The molecule has 0 aliphatic heterocycles. The van der Waals surface area contributed by atoms with Gasteiger partial charge in [0.2, 0.25) is 5.91 Å². The Morgan fingerprint density at radius 2 is 1.11 bits per heavy atom. The molecule has 0 aromatic heterocycles. The van der Waals surface area contributed by atoms with E-state index in [1.165, 1.54) is 51.4 Å². The fraction of sp³-hybridized carbons (Fsp3) is 0.674. The summed E-state index contributed by atoms with van der Waals surface area (Å²) in [5, 5.41) is 13.7. The second kappa shape index (κ2) is 37.3. The van der Waals surface area contributed by atoms with Crippen molar-refractivity contribution >= 4 is 13.7 Å². The van der Waals surface area contributed by atoms with Gasteiger partial charge in [0.25, 0.3) is 0 Å². The number of phosphoric acid groups is 1. The summed E-state index contributed by atoms with van der Waals surface area (Å²) in [5.74, 6) is -0.203. The molecule has 1 amide bonds. The van der Waals surface area contributed by atoms with Crippen molar-refractivity contribution in [3.63, 3.8) is 0 Å². The Kier molecular flexibility index (Phi) is 35.7. The van der Waals surface area contributed by atoms with Crippen LogP contribution in [-0.4, -0.2) is 73.4 Å². The van der Waals surface area contributed by atoms with Crippen LogP contribution in [0.2, 0.25) is 0 Å². The molecule has 8 nitrogen and oxygen atoms in total. The van der Waals surface area contributed by atoms with Crippen LogP contribution in [-0.2, 0) is 18.4 Å². The summed E-state index contributed by atoms with van der Waals surface area (Å²) < 4.78 is 23.4. The van der Waals surface area contributed by atoms with Gasteiger partial charge in [0.1, 0.15) is 13.2 Å². The van der Waals surface area contributed by atoms with Crippen molar-refractivity contribution in [2.45, 2.75) is 161 Å². The topological polar surface area (TPSA) is 105 Å². The molecule has 0 rings (SSSR count). The Labute approximate surface area is 337 Å². The molecule has 0 aromatic carbocycles. The summed E-state index contributed by atoms with van der Waals surface area (Å²) in [5.41, 5.74) is 0. The molecule has 9 heteroatoms. The average Bonchev–Trinajstić information content (AvgIpc) is 3.13. The predicted molar refractivity (Wildman–Crippen MR) is 235 cm³/mol. The zero-order valence-corrected chi connectivity index (χ0v) is 36.5. The summed E-state index contributed by atoms with van der Waals surface area (Å²) in [6.45, 7) is 4.57. The van der Waals surface area contributed by atoms with Gasteiger partial charge in [-0.3, -0.25) is 13.8 Å². The number of unbranched alkanes of at least 4 members (excludes halogenated alkanes) is 12. The second-order valence-electron chi connectivity index (χ2n) is 15.3. The standard InChI is InChI=1S/C46H81N2O6P/c1-6-8-10-12-14-16-17-18-19-20-21-22-23-24-25-26-27-28-29-30-31-32-34-36-38-40-46(50)47-44(43-54-55(51,52)53-42-41-48(3,4)5)45(49)39-37-35-33-15-13-11-9-7-2/h8,10,13-16,18-19,21-22,24-25,37,39,44-45,49H,6-7,9,11-12,17,20,23,26-36,38,40-43H2,1-5H3,(H-,47,50,51,52)/p+1/b10-8-,15-13+,16-14-,19-18-,22-21-,25-24-,39-37+. The molecule has 316 valence electrons. The molecule has 55 heavy (non-hydrogen) atoms. The summed E-state index contributed by atoms with van der Waals surface area (Å²) in [7, 11) is 1.53. The number of rotatable bonds is 37. The van der Waals surface area contributed by atoms with E-state index in [2.05, 4.69) is 92.1 Å². The molecular formula is C46H82N2O6P+. The molecule has 0 bridgehead atoms. The van der Waals surface area contributed by atoms with E-state index in [4.69, 9.17) is 9.05 Å². The summed E-state index contributed by atoms with van der Waals surface area (Å²) in [6.07, 6.45) is 51.0. The number of carbonyl (C=O) groups is 1. The number of amides is 1. The van der Waals surface area contributed by atoms with Crippen molar-refractivity contribution in [2.24, 2.45) is 0 Å². The van der Waals surface area contributed by atoms with Crippen molar-refractivity contribution in [2.75, 3.05) is 40.9 Å². The molecule has 0 heterocycles. The fourth-order valence-electron chi connectivity index (χ4n) is 5.42. The molecule has 3 N–H and O–H groups in total. The second-order valence-corrected chi connectivity index (χ2v) is 16.8. The molecule has 0 spiro atoms. The SMILES string of the molecule is CC/C=C\C/C=C\C/C=C\C/C=C\C/C=C\CCCCCCCCCCCC(=O)NC(COP(=O)(O)OCC[N+](C)(C)C)C(O)/C=C/CC/C=C/CCCC. The highest BCUT2D eigenvalue weighted by Gasteiger charge is 2.27. The van der Waals surface area contributed by atoms with Crippen LogP contribution in [0, 0.1) is 0 Å². The van der Waals surface area contributed by atoms with Gasteiger partial charge in [-0.2, -0.15) is 0 Å². The van der Waals surface area contributed by atoms with Gasteiger partial charge in [-0.25, -0.2) is 4.57 Å². The predicted octanol–water partition coefficient (Wildman–Crippen LogP) is 11.8. The molecule has 3 atom stereocenters. The lowest BCUT2D eigenvalue weighted by atomic mass is 10.1. The molecule has 0 saturated heterocycles. The van der Waals surface area contributed by atoms with Gasteiger partial charge in [-0.05, 0) is 70.6 Å². The zero-order valence-electron chi connectivity index (χ0n) is 35.6. The number of carbonyl (C=O) groups excluding carboxylic acids is 1. The van der Waals surface area contributed by atoms with E-state index in [1.807, 2.05) is 27.2 Å². The Morgan fingerprint density at radius 3 is 1.67 bits per heavy atom. The third kappa shape index (κ3) is 39.7. The van der Waals surface area contributed by atoms with E-state index < -0.39 is 20.0 Å². The minimum atomic E-state index is -4.34. The first-order valence-electron chi connectivity index (χ1n) is 21.5. The third-order valence-corrected chi connectivity index (χ3v) is 9.83. The van der Waals surface area contributed by atoms with Crippen LogP contribution >= 0.6 is 7.82 Å². The van der Waals surface area contributed by atoms with Gasteiger partial charge in [-0.15, -0.1) is 0 Å². The van der Waals surface area contributed by atoms with E-state index >= 15 is 0 Å². The van der Waals surface area contributed by atoms with E-state index in [0.29, 0.717) is 17.4 Å². The highest BCUT2D eigenvalue weighted by Crippen LogP contribution is 2.43. The number of nitrogens with zero attached hydrogens (tertiary/aromatic N) is 1. The normalized spacial score (nSPS) is 15.3. The summed E-state index contributed by atoms with van der Waals surface area (Å²) in [4.78, 5) is 23.0.